The zero-order valence-corrected chi connectivity index (χ0v) is 11.9. The van der Waals surface area contributed by atoms with Crippen LogP contribution in [0.1, 0.15) is 5.56 Å². The van der Waals surface area contributed by atoms with E-state index in [2.05, 4.69) is 4.98 Å². The zero-order valence-electron chi connectivity index (χ0n) is 10.3. The first-order chi connectivity index (χ1) is 8.61. The largest absolute Gasteiger partial charge is 1.00 e. The molecule has 4 nitrogen and oxygen atoms in total. The van der Waals surface area contributed by atoms with Gasteiger partial charge in [-0.25, -0.2) is 13.9 Å². The lowest BCUT2D eigenvalue weighted by atomic mass is 10.0. The van der Waals surface area contributed by atoms with Gasteiger partial charge >= 0.3 is 5.95 Å². The van der Waals surface area contributed by atoms with Crippen molar-refractivity contribution in [3.05, 3.63) is 54.1 Å². The second kappa shape index (κ2) is 4.86. The van der Waals surface area contributed by atoms with Crippen molar-refractivity contribution in [2.75, 3.05) is 11.9 Å². The summed E-state index contributed by atoms with van der Waals surface area (Å²) in [4.78, 5) is 5.87. The molecule has 0 amide bonds. The van der Waals surface area contributed by atoms with Gasteiger partial charge in [0.15, 0.2) is 0 Å². The van der Waals surface area contributed by atoms with E-state index >= 15 is 0 Å². The smallest absolute Gasteiger partial charge is 0.396 e. The Bertz CT molecular complexity index is 610. The van der Waals surface area contributed by atoms with Crippen molar-refractivity contribution in [3.63, 3.8) is 0 Å². The molecule has 0 saturated carbocycles. The second-order valence-electron chi connectivity index (χ2n) is 4.43. The summed E-state index contributed by atoms with van der Waals surface area (Å²) in [6.45, 7) is 0.329. The van der Waals surface area contributed by atoms with Crippen LogP contribution in [0.4, 0.5) is 10.3 Å². The number of rotatable bonds is 1. The van der Waals surface area contributed by atoms with Crippen LogP contribution in [0.3, 0.4) is 0 Å². The van der Waals surface area contributed by atoms with Gasteiger partial charge in [0.05, 0.1) is 13.2 Å². The molecule has 1 unspecified atom stereocenters. The van der Waals surface area contributed by atoms with Crippen molar-refractivity contribution in [1.29, 1.82) is 0 Å². The Labute approximate surface area is 120 Å². The maximum Gasteiger partial charge on any atom is 0.396 e. The number of fused-ring (bicyclic) bond motifs is 1. The number of aromatic nitrogens is 2. The molecule has 0 saturated heterocycles. The van der Waals surface area contributed by atoms with E-state index in [0.29, 0.717) is 18.1 Å². The molecule has 0 bridgehead atoms. The molecule has 1 aromatic heterocycles. The van der Waals surface area contributed by atoms with Crippen LogP contribution < -0.4 is 26.4 Å². The highest BCUT2D eigenvalue weighted by molar-refractivity contribution is 5.36. The van der Waals surface area contributed by atoms with Gasteiger partial charge in [0.25, 0.3) is 0 Å². The van der Waals surface area contributed by atoms with Crippen LogP contribution >= 0.6 is 0 Å². The molecule has 100 valence electrons. The Morgan fingerprint density at radius 1 is 1.42 bits per heavy atom. The zero-order chi connectivity index (χ0) is 12.8. The minimum atomic E-state index is -1.26. The van der Waals surface area contributed by atoms with E-state index in [1.165, 1.54) is 12.1 Å². The van der Waals surface area contributed by atoms with E-state index in [9.17, 15) is 9.50 Å². The molecule has 0 radical (unpaired) electrons. The number of benzene rings is 1. The van der Waals surface area contributed by atoms with Gasteiger partial charge < -0.3 is 22.1 Å². The highest BCUT2D eigenvalue weighted by Crippen LogP contribution is 2.32. The highest BCUT2D eigenvalue weighted by Gasteiger charge is 2.49. The van der Waals surface area contributed by atoms with E-state index in [1.54, 1.807) is 36.3 Å². The number of likely N-dealkylation sites (N-methyl/N-ethyl adjacent to an activating group) is 1. The average Bonchev–Trinajstić information content (AvgIpc) is 2.64. The van der Waals surface area contributed by atoms with Gasteiger partial charge in [0.1, 0.15) is 18.6 Å². The highest BCUT2D eigenvalue weighted by atomic mass is 79.9. The Morgan fingerprint density at radius 3 is 2.89 bits per heavy atom. The molecule has 0 aliphatic carbocycles. The van der Waals surface area contributed by atoms with Gasteiger partial charge in [-0.15, -0.1) is 0 Å². The van der Waals surface area contributed by atoms with Crippen molar-refractivity contribution in [3.8, 4) is 0 Å². The summed E-state index contributed by atoms with van der Waals surface area (Å²) < 4.78 is 15.1. The SMILES string of the molecule is CN1c2nccc[n+]2CC1(O)c1cccc(F)c1.[Br-]. The Hall–Kier alpha value is -1.53. The van der Waals surface area contributed by atoms with E-state index < -0.39 is 5.72 Å². The van der Waals surface area contributed by atoms with Gasteiger partial charge in [-0.05, 0) is 12.1 Å². The molecule has 1 atom stereocenters. The van der Waals surface area contributed by atoms with Gasteiger partial charge in [0.2, 0.25) is 5.72 Å². The van der Waals surface area contributed by atoms with Crippen molar-refractivity contribution in [2.45, 2.75) is 12.3 Å². The first-order valence-electron chi connectivity index (χ1n) is 5.68. The predicted octanol–water partition coefficient (Wildman–Crippen LogP) is -2.19. The average molecular weight is 326 g/mol. The van der Waals surface area contributed by atoms with Gasteiger partial charge in [0, 0.05) is 11.6 Å². The maximum atomic E-state index is 13.3. The standard InChI is InChI=1S/C13H13FN3O.BrH/c1-16-12-15-6-3-7-17(12)9-13(16,18)10-4-2-5-11(14)8-10;/h2-8,18H,9H2,1H3;1H/q+1;/p-1. The van der Waals surface area contributed by atoms with Crippen LogP contribution in [-0.4, -0.2) is 17.1 Å². The number of aliphatic hydroxyl groups is 1. The third-order valence-electron chi connectivity index (χ3n) is 3.33. The number of hydrogen-bond acceptors (Lipinski definition) is 3. The molecule has 1 aromatic carbocycles. The monoisotopic (exact) mass is 325 g/mol. The maximum absolute atomic E-state index is 13.3. The molecular formula is C13H13BrFN3O. The Morgan fingerprint density at radius 2 is 2.21 bits per heavy atom. The van der Waals surface area contributed by atoms with Crippen LogP contribution in [0.2, 0.25) is 0 Å². The quantitative estimate of drug-likeness (QED) is 0.605. The third kappa shape index (κ3) is 2.11. The number of anilines is 1. The topological polar surface area (TPSA) is 40.2 Å². The molecule has 1 aliphatic heterocycles. The number of hydrogen-bond donors (Lipinski definition) is 1. The second-order valence-corrected chi connectivity index (χ2v) is 4.43. The van der Waals surface area contributed by atoms with Crippen molar-refractivity contribution < 1.29 is 31.0 Å². The number of nitrogens with zero attached hydrogens (tertiary/aromatic N) is 3. The lowest BCUT2D eigenvalue weighted by Crippen LogP contribution is -3.00. The van der Waals surface area contributed by atoms with Crippen LogP contribution in [0.25, 0.3) is 0 Å². The molecule has 6 heteroatoms. The van der Waals surface area contributed by atoms with E-state index in [-0.39, 0.29) is 22.8 Å². The molecule has 19 heavy (non-hydrogen) atoms. The van der Waals surface area contributed by atoms with Crippen LogP contribution in [0.5, 0.6) is 0 Å². The fourth-order valence-electron chi connectivity index (χ4n) is 2.33. The normalized spacial score (nSPS) is 20.9. The van der Waals surface area contributed by atoms with Crippen molar-refractivity contribution in [2.24, 2.45) is 0 Å². The minimum absolute atomic E-state index is 0. The van der Waals surface area contributed by atoms with Crippen LogP contribution in [0, 0.1) is 5.82 Å². The molecule has 2 heterocycles. The molecule has 1 N–H and O–H groups in total. The molecule has 0 spiro atoms. The Balaban J connectivity index is 0.00000133. The number of halogens is 2. The summed E-state index contributed by atoms with van der Waals surface area (Å²) in [5.74, 6) is 0.299. The lowest BCUT2D eigenvalue weighted by molar-refractivity contribution is -0.685. The summed E-state index contributed by atoms with van der Waals surface area (Å²) in [7, 11) is 1.75. The summed E-state index contributed by atoms with van der Waals surface area (Å²) >= 11 is 0. The summed E-state index contributed by atoms with van der Waals surface area (Å²) in [5.41, 5.74) is -0.737. The predicted molar refractivity (Wildman–Crippen MR) is 63.1 cm³/mol. The first-order valence-corrected chi connectivity index (χ1v) is 5.68. The van der Waals surface area contributed by atoms with Gasteiger partial charge in [-0.2, -0.15) is 0 Å². The first kappa shape index (κ1) is 13.9. The van der Waals surface area contributed by atoms with Crippen molar-refractivity contribution >= 4 is 5.95 Å². The van der Waals surface area contributed by atoms with Gasteiger partial charge in [-0.1, -0.05) is 17.1 Å². The summed E-state index contributed by atoms with van der Waals surface area (Å²) in [6, 6.07) is 7.82. The van der Waals surface area contributed by atoms with E-state index in [0.717, 1.165) is 0 Å². The summed E-state index contributed by atoms with van der Waals surface area (Å²) in [5, 5.41) is 10.8. The molecule has 3 rings (SSSR count). The molecule has 0 fully saturated rings. The van der Waals surface area contributed by atoms with Crippen molar-refractivity contribution in [1.82, 2.24) is 4.98 Å². The van der Waals surface area contributed by atoms with Gasteiger partial charge in [-0.3, -0.25) is 0 Å². The Kier molecular flexibility index (Phi) is 3.56. The fraction of sp³-hybridized carbons (Fsp3) is 0.231. The van der Waals surface area contributed by atoms with E-state index in [1.807, 2.05) is 10.8 Å². The fourth-order valence-corrected chi connectivity index (χ4v) is 2.33. The lowest BCUT2D eigenvalue weighted by Gasteiger charge is -2.25. The van der Waals surface area contributed by atoms with E-state index in [4.69, 9.17) is 0 Å². The molecule has 1 aliphatic rings. The van der Waals surface area contributed by atoms with Crippen LogP contribution in [0.15, 0.2) is 42.7 Å². The third-order valence-corrected chi connectivity index (χ3v) is 3.33. The molecular weight excluding hydrogens is 313 g/mol. The minimum Gasteiger partial charge on any atom is -1.00 e. The molecule has 2 aromatic rings. The van der Waals surface area contributed by atoms with Crippen LogP contribution in [-0.2, 0) is 12.3 Å². The summed E-state index contributed by atoms with van der Waals surface area (Å²) in [6.07, 6.45) is 3.51.